The molecule has 2 rings (SSSR count). The SMILES string of the molecule is CNC(C)c1cccc(OCc2ccc(OC)c(F)c2)c1. The average Bonchev–Trinajstić information content (AvgIpc) is 2.52. The van der Waals surface area contributed by atoms with Crippen molar-refractivity contribution in [2.75, 3.05) is 14.2 Å². The maximum absolute atomic E-state index is 13.6. The summed E-state index contributed by atoms with van der Waals surface area (Å²) in [7, 11) is 3.36. The predicted octanol–water partition coefficient (Wildman–Crippen LogP) is 3.69. The summed E-state index contributed by atoms with van der Waals surface area (Å²) < 4.78 is 24.2. The Morgan fingerprint density at radius 1 is 1.19 bits per heavy atom. The summed E-state index contributed by atoms with van der Waals surface area (Å²) in [6, 6.07) is 13.0. The summed E-state index contributed by atoms with van der Waals surface area (Å²) in [6.45, 7) is 2.40. The molecular formula is C17H20FNO2. The number of hydrogen-bond donors (Lipinski definition) is 1. The standard InChI is InChI=1S/C17H20FNO2/c1-12(19-2)14-5-4-6-15(10-14)21-11-13-7-8-17(20-3)16(18)9-13/h4-10,12,19H,11H2,1-3H3. The number of halogens is 1. The fourth-order valence-corrected chi connectivity index (χ4v) is 2.01. The molecule has 3 nitrogen and oxygen atoms in total. The van der Waals surface area contributed by atoms with Crippen molar-refractivity contribution >= 4 is 0 Å². The van der Waals surface area contributed by atoms with Crippen LogP contribution in [0.4, 0.5) is 4.39 Å². The molecule has 2 aromatic rings. The molecule has 0 bridgehead atoms. The fourth-order valence-electron chi connectivity index (χ4n) is 2.01. The van der Waals surface area contributed by atoms with E-state index in [0.29, 0.717) is 6.61 Å². The molecule has 0 aliphatic rings. The molecule has 0 aliphatic carbocycles. The third-order valence-corrected chi connectivity index (χ3v) is 3.41. The Hall–Kier alpha value is -2.07. The number of nitrogens with one attached hydrogen (secondary N) is 1. The Labute approximate surface area is 124 Å². The molecule has 21 heavy (non-hydrogen) atoms. The molecular weight excluding hydrogens is 269 g/mol. The van der Waals surface area contributed by atoms with Crippen molar-refractivity contribution in [1.29, 1.82) is 0 Å². The van der Waals surface area contributed by atoms with Gasteiger partial charge in [-0.1, -0.05) is 18.2 Å². The summed E-state index contributed by atoms with van der Waals surface area (Å²) >= 11 is 0. The highest BCUT2D eigenvalue weighted by atomic mass is 19.1. The van der Waals surface area contributed by atoms with Gasteiger partial charge in [-0.25, -0.2) is 4.39 Å². The van der Waals surface area contributed by atoms with Crippen LogP contribution in [0.1, 0.15) is 24.1 Å². The quantitative estimate of drug-likeness (QED) is 0.879. The van der Waals surface area contributed by atoms with Gasteiger partial charge in [0.2, 0.25) is 0 Å². The number of hydrogen-bond acceptors (Lipinski definition) is 3. The van der Waals surface area contributed by atoms with E-state index in [2.05, 4.69) is 12.2 Å². The minimum Gasteiger partial charge on any atom is -0.494 e. The minimum atomic E-state index is -0.379. The Morgan fingerprint density at radius 3 is 2.67 bits per heavy atom. The molecule has 0 heterocycles. The summed E-state index contributed by atoms with van der Waals surface area (Å²) in [5.41, 5.74) is 1.91. The van der Waals surface area contributed by atoms with Crippen LogP contribution in [0.3, 0.4) is 0 Å². The van der Waals surface area contributed by atoms with E-state index in [0.717, 1.165) is 16.9 Å². The minimum absolute atomic E-state index is 0.239. The van der Waals surface area contributed by atoms with Crippen LogP contribution in [0.5, 0.6) is 11.5 Å². The first-order valence-electron chi connectivity index (χ1n) is 6.86. The Bertz CT molecular complexity index is 601. The maximum atomic E-state index is 13.6. The van der Waals surface area contributed by atoms with Gasteiger partial charge < -0.3 is 14.8 Å². The van der Waals surface area contributed by atoms with E-state index < -0.39 is 0 Å². The summed E-state index contributed by atoms with van der Waals surface area (Å²) in [4.78, 5) is 0. The van der Waals surface area contributed by atoms with Gasteiger partial charge in [-0.15, -0.1) is 0 Å². The van der Waals surface area contributed by atoms with Gasteiger partial charge in [0.15, 0.2) is 11.6 Å². The van der Waals surface area contributed by atoms with Gasteiger partial charge in [-0.05, 0) is 49.4 Å². The molecule has 0 fully saturated rings. The highest BCUT2D eigenvalue weighted by molar-refractivity contribution is 5.32. The molecule has 112 valence electrons. The van der Waals surface area contributed by atoms with E-state index in [-0.39, 0.29) is 17.6 Å². The lowest BCUT2D eigenvalue weighted by Crippen LogP contribution is -2.12. The third-order valence-electron chi connectivity index (χ3n) is 3.41. The van der Waals surface area contributed by atoms with E-state index in [1.165, 1.54) is 13.2 Å². The van der Waals surface area contributed by atoms with Crippen LogP contribution in [0.15, 0.2) is 42.5 Å². The van der Waals surface area contributed by atoms with Crippen molar-refractivity contribution in [3.63, 3.8) is 0 Å². The molecule has 0 aliphatic heterocycles. The predicted molar refractivity (Wildman–Crippen MR) is 81.2 cm³/mol. The molecule has 0 radical (unpaired) electrons. The first-order chi connectivity index (χ1) is 10.1. The molecule has 0 spiro atoms. The average molecular weight is 289 g/mol. The first kappa shape index (κ1) is 15.3. The molecule has 1 atom stereocenters. The van der Waals surface area contributed by atoms with Gasteiger partial charge in [0.25, 0.3) is 0 Å². The van der Waals surface area contributed by atoms with E-state index >= 15 is 0 Å². The van der Waals surface area contributed by atoms with Gasteiger partial charge in [0.1, 0.15) is 12.4 Å². The van der Waals surface area contributed by atoms with Gasteiger partial charge in [-0.2, -0.15) is 0 Å². The third kappa shape index (κ3) is 3.95. The van der Waals surface area contributed by atoms with Gasteiger partial charge >= 0.3 is 0 Å². The van der Waals surface area contributed by atoms with Crippen molar-refractivity contribution < 1.29 is 13.9 Å². The van der Waals surface area contributed by atoms with Crippen molar-refractivity contribution in [2.24, 2.45) is 0 Å². The zero-order valence-corrected chi connectivity index (χ0v) is 12.5. The van der Waals surface area contributed by atoms with Gasteiger partial charge in [-0.3, -0.25) is 0 Å². The van der Waals surface area contributed by atoms with Crippen LogP contribution in [0.2, 0.25) is 0 Å². The van der Waals surface area contributed by atoms with Gasteiger partial charge in [0.05, 0.1) is 7.11 Å². The number of methoxy groups -OCH3 is 1. The second kappa shape index (κ2) is 7.09. The molecule has 1 N–H and O–H groups in total. The van der Waals surface area contributed by atoms with E-state index in [1.807, 2.05) is 31.3 Å². The summed E-state index contributed by atoms with van der Waals surface area (Å²) in [5, 5.41) is 3.18. The van der Waals surface area contributed by atoms with Crippen LogP contribution in [-0.2, 0) is 6.61 Å². The molecule has 0 aromatic heterocycles. The van der Waals surface area contributed by atoms with Crippen LogP contribution >= 0.6 is 0 Å². The largest absolute Gasteiger partial charge is 0.494 e. The molecule has 0 saturated carbocycles. The number of ether oxygens (including phenoxy) is 2. The maximum Gasteiger partial charge on any atom is 0.165 e. The van der Waals surface area contributed by atoms with Crippen molar-refractivity contribution in [1.82, 2.24) is 5.32 Å². The van der Waals surface area contributed by atoms with E-state index in [1.54, 1.807) is 12.1 Å². The fraction of sp³-hybridized carbons (Fsp3) is 0.294. The topological polar surface area (TPSA) is 30.5 Å². The van der Waals surface area contributed by atoms with E-state index in [9.17, 15) is 4.39 Å². The monoisotopic (exact) mass is 289 g/mol. The molecule has 2 aromatic carbocycles. The van der Waals surface area contributed by atoms with Crippen LogP contribution in [-0.4, -0.2) is 14.2 Å². The first-order valence-corrected chi connectivity index (χ1v) is 6.86. The highest BCUT2D eigenvalue weighted by Crippen LogP contribution is 2.21. The number of rotatable bonds is 6. The second-order valence-electron chi connectivity index (χ2n) is 4.84. The Kier molecular flexibility index (Phi) is 5.17. The van der Waals surface area contributed by atoms with Crippen LogP contribution < -0.4 is 14.8 Å². The van der Waals surface area contributed by atoms with Crippen LogP contribution in [0.25, 0.3) is 0 Å². The Balaban J connectivity index is 2.04. The lowest BCUT2D eigenvalue weighted by Gasteiger charge is -2.13. The lowest BCUT2D eigenvalue weighted by atomic mass is 10.1. The molecule has 4 heteroatoms. The normalized spacial score (nSPS) is 12.0. The van der Waals surface area contributed by atoms with E-state index in [4.69, 9.17) is 9.47 Å². The smallest absolute Gasteiger partial charge is 0.165 e. The van der Waals surface area contributed by atoms with Crippen LogP contribution in [0, 0.1) is 5.82 Å². The number of benzene rings is 2. The molecule has 1 unspecified atom stereocenters. The molecule has 0 saturated heterocycles. The van der Waals surface area contributed by atoms with Crippen molar-refractivity contribution in [3.05, 3.63) is 59.4 Å². The summed E-state index contributed by atoms with van der Waals surface area (Å²) in [6.07, 6.45) is 0. The van der Waals surface area contributed by atoms with Gasteiger partial charge in [0, 0.05) is 6.04 Å². The van der Waals surface area contributed by atoms with Crippen molar-refractivity contribution in [3.8, 4) is 11.5 Å². The summed E-state index contributed by atoms with van der Waals surface area (Å²) in [5.74, 6) is 0.630. The highest BCUT2D eigenvalue weighted by Gasteiger charge is 2.06. The second-order valence-corrected chi connectivity index (χ2v) is 4.84. The van der Waals surface area contributed by atoms with Crippen molar-refractivity contribution in [2.45, 2.75) is 19.6 Å². The lowest BCUT2D eigenvalue weighted by molar-refractivity contribution is 0.304. The molecule has 0 amide bonds. The zero-order valence-electron chi connectivity index (χ0n) is 12.5. The Morgan fingerprint density at radius 2 is 2.00 bits per heavy atom. The zero-order chi connectivity index (χ0) is 15.2.